The van der Waals surface area contributed by atoms with Crippen molar-refractivity contribution < 1.29 is 9.53 Å². The Hall–Kier alpha value is -3.43. The van der Waals surface area contributed by atoms with Gasteiger partial charge in [0.1, 0.15) is 5.75 Å². The molecule has 2 aromatic heterocycles. The lowest BCUT2D eigenvalue weighted by Gasteiger charge is -2.14. The SMILES string of the molecule is COc1ccccc1-n1c(SCC(=O)N2CCC(c3ccccc3)=N2)nnc1-c1cccs1. The van der Waals surface area contributed by atoms with Crippen LogP contribution in [-0.4, -0.2) is 50.8 Å². The first-order chi connectivity index (χ1) is 16.2. The molecule has 1 aliphatic rings. The molecule has 33 heavy (non-hydrogen) atoms. The molecule has 1 aliphatic heterocycles. The standard InChI is InChI=1S/C24H21N5O2S2/c1-31-20-11-6-5-10-19(20)29-23(21-12-7-15-32-21)25-26-24(29)33-16-22(30)28-14-13-18(27-28)17-8-3-2-4-9-17/h2-12,15H,13-14,16H2,1H3. The summed E-state index contributed by atoms with van der Waals surface area (Å²) >= 11 is 2.94. The average Bonchev–Trinajstić information content (AvgIpc) is 3.63. The van der Waals surface area contributed by atoms with E-state index in [0.717, 1.165) is 34.1 Å². The van der Waals surface area contributed by atoms with Crippen LogP contribution >= 0.6 is 23.1 Å². The molecule has 0 saturated heterocycles. The number of hydrazone groups is 1. The highest BCUT2D eigenvalue weighted by Crippen LogP contribution is 2.34. The van der Waals surface area contributed by atoms with Crippen LogP contribution in [0.3, 0.4) is 0 Å². The van der Waals surface area contributed by atoms with Gasteiger partial charge >= 0.3 is 0 Å². The van der Waals surface area contributed by atoms with Crippen molar-refractivity contribution in [3.05, 3.63) is 77.7 Å². The third-order valence-electron chi connectivity index (χ3n) is 5.22. The smallest absolute Gasteiger partial charge is 0.253 e. The molecule has 0 radical (unpaired) electrons. The second-order valence-electron chi connectivity index (χ2n) is 7.26. The number of hydrogen-bond donors (Lipinski definition) is 0. The number of ether oxygens (including phenoxy) is 1. The van der Waals surface area contributed by atoms with E-state index in [-0.39, 0.29) is 11.7 Å². The van der Waals surface area contributed by atoms with Crippen LogP contribution in [0.25, 0.3) is 16.4 Å². The zero-order valence-corrected chi connectivity index (χ0v) is 19.6. The van der Waals surface area contributed by atoms with Gasteiger partial charge in [0.05, 0.1) is 35.7 Å². The van der Waals surface area contributed by atoms with Crippen molar-refractivity contribution in [1.82, 2.24) is 19.8 Å². The van der Waals surface area contributed by atoms with Crippen LogP contribution in [0.15, 0.2) is 82.4 Å². The van der Waals surface area contributed by atoms with Gasteiger partial charge in [0, 0.05) is 6.42 Å². The molecule has 9 heteroatoms. The third kappa shape index (κ3) is 4.42. The second-order valence-corrected chi connectivity index (χ2v) is 9.15. The van der Waals surface area contributed by atoms with E-state index in [4.69, 9.17) is 4.74 Å². The summed E-state index contributed by atoms with van der Waals surface area (Å²) in [6.45, 7) is 0.587. The first kappa shape index (κ1) is 21.4. The van der Waals surface area contributed by atoms with E-state index in [2.05, 4.69) is 15.3 Å². The molecule has 5 rings (SSSR count). The van der Waals surface area contributed by atoms with Crippen molar-refractivity contribution in [3.63, 3.8) is 0 Å². The number of benzene rings is 2. The zero-order valence-electron chi connectivity index (χ0n) is 17.9. The normalized spacial score (nSPS) is 13.2. The van der Waals surface area contributed by atoms with E-state index in [0.29, 0.717) is 17.5 Å². The molecule has 3 heterocycles. The molecule has 0 saturated carbocycles. The predicted octanol–water partition coefficient (Wildman–Crippen LogP) is 4.73. The second kappa shape index (κ2) is 9.60. The Bertz CT molecular complexity index is 1290. The summed E-state index contributed by atoms with van der Waals surface area (Å²) in [7, 11) is 1.64. The quantitative estimate of drug-likeness (QED) is 0.361. The molecule has 4 aromatic rings. The van der Waals surface area contributed by atoms with Gasteiger partial charge in [-0.3, -0.25) is 9.36 Å². The summed E-state index contributed by atoms with van der Waals surface area (Å²) < 4.78 is 7.53. The maximum absolute atomic E-state index is 12.9. The summed E-state index contributed by atoms with van der Waals surface area (Å²) in [6, 6.07) is 21.7. The zero-order chi connectivity index (χ0) is 22.6. The molecule has 166 valence electrons. The van der Waals surface area contributed by atoms with Gasteiger partial charge in [-0.2, -0.15) is 5.10 Å². The molecule has 0 unspecified atom stereocenters. The average molecular weight is 476 g/mol. The van der Waals surface area contributed by atoms with Gasteiger partial charge in [0.2, 0.25) is 0 Å². The van der Waals surface area contributed by atoms with Crippen molar-refractivity contribution in [2.24, 2.45) is 5.10 Å². The number of amides is 1. The number of methoxy groups -OCH3 is 1. The summed E-state index contributed by atoms with van der Waals surface area (Å²) in [5.41, 5.74) is 2.82. The number of thioether (sulfide) groups is 1. The molecule has 2 aromatic carbocycles. The molecule has 0 bridgehead atoms. The van der Waals surface area contributed by atoms with Gasteiger partial charge in [-0.1, -0.05) is 60.3 Å². The van der Waals surface area contributed by atoms with Gasteiger partial charge in [-0.15, -0.1) is 21.5 Å². The fourth-order valence-electron chi connectivity index (χ4n) is 3.63. The molecule has 7 nitrogen and oxygen atoms in total. The van der Waals surface area contributed by atoms with Crippen LogP contribution in [0.5, 0.6) is 5.75 Å². The first-order valence-electron chi connectivity index (χ1n) is 10.4. The van der Waals surface area contributed by atoms with E-state index in [1.54, 1.807) is 23.5 Å². The monoisotopic (exact) mass is 475 g/mol. The fourth-order valence-corrected chi connectivity index (χ4v) is 5.14. The van der Waals surface area contributed by atoms with Gasteiger partial charge in [-0.05, 0) is 29.1 Å². The van der Waals surface area contributed by atoms with E-state index >= 15 is 0 Å². The Morgan fingerprint density at radius 3 is 2.67 bits per heavy atom. The molecule has 0 fully saturated rings. The summed E-state index contributed by atoms with van der Waals surface area (Å²) in [5.74, 6) is 1.58. The minimum Gasteiger partial charge on any atom is -0.495 e. The summed E-state index contributed by atoms with van der Waals surface area (Å²) in [6.07, 6.45) is 0.750. The van der Waals surface area contributed by atoms with Crippen molar-refractivity contribution in [2.45, 2.75) is 11.6 Å². The first-order valence-corrected chi connectivity index (χ1v) is 12.3. The Kier molecular flexibility index (Phi) is 6.23. The number of thiophene rings is 1. The lowest BCUT2D eigenvalue weighted by atomic mass is 10.1. The molecular formula is C24H21N5O2S2. The number of hydrogen-bond acceptors (Lipinski definition) is 7. The molecule has 0 aliphatic carbocycles. The number of aromatic nitrogens is 3. The molecule has 0 spiro atoms. The maximum atomic E-state index is 12.9. The lowest BCUT2D eigenvalue weighted by Crippen LogP contribution is -2.25. The highest BCUT2D eigenvalue weighted by atomic mass is 32.2. The van der Waals surface area contributed by atoms with Crippen LogP contribution in [0.4, 0.5) is 0 Å². The Morgan fingerprint density at radius 1 is 1.06 bits per heavy atom. The fraction of sp³-hybridized carbons (Fsp3) is 0.167. The van der Waals surface area contributed by atoms with Crippen molar-refractivity contribution >= 4 is 34.7 Å². The number of carbonyl (C=O) groups is 1. The van der Waals surface area contributed by atoms with Crippen molar-refractivity contribution in [3.8, 4) is 22.1 Å². The molecular weight excluding hydrogens is 454 g/mol. The van der Waals surface area contributed by atoms with Crippen LogP contribution in [0, 0.1) is 0 Å². The summed E-state index contributed by atoms with van der Waals surface area (Å²) in [5, 5.41) is 17.6. The van der Waals surface area contributed by atoms with E-state index in [9.17, 15) is 4.79 Å². The Labute approximate surface area is 199 Å². The molecule has 1 amide bonds. The number of nitrogens with zero attached hydrogens (tertiary/aromatic N) is 5. The van der Waals surface area contributed by atoms with Crippen LogP contribution in [0.1, 0.15) is 12.0 Å². The Balaban J connectivity index is 1.39. The largest absolute Gasteiger partial charge is 0.495 e. The Morgan fingerprint density at radius 2 is 1.88 bits per heavy atom. The van der Waals surface area contributed by atoms with Crippen molar-refractivity contribution in [2.75, 3.05) is 19.4 Å². The highest BCUT2D eigenvalue weighted by Gasteiger charge is 2.24. The van der Waals surface area contributed by atoms with Crippen LogP contribution in [-0.2, 0) is 4.79 Å². The van der Waals surface area contributed by atoms with Gasteiger partial charge in [0.25, 0.3) is 5.91 Å². The predicted molar refractivity (Wildman–Crippen MR) is 131 cm³/mol. The van der Waals surface area contributed by atoms with Gasteiger partial charge in [-0.25, -0.2) is 5.01 Å². The number of para-hydroxylation sites is 2. The highest BCUT2D eigenvalue weighted by molar-refractivity contribution is 7.99. The van der Waals surface area contributed by atoms with E-state index < -0.39 is 0 Å². The minimum atomic E-state index is -0.0572. The molecule has 0 N–H and O–H groups in total. The number of carbonyl (C=O) groups excluding carboxylic acids is 1. The van der Waals surface area contributed by atoms with Gasteiger partial charge in [0.15, 0.2) is 11.0 Å². The summed E-state index contributed by atoms with van der Waals surface area (Å²) in [4.78, 5) is 13.9. The minimum absolute atomic E-state index is 0.0572. The van der Waals surface area contributed by atoms with E-state index in [1.807, 2.05) is 76.7 Å². The number of rotatable bonds is 7. The lowest BCUT2D eigenvalue weighted by molar-refractivity contribution is -0.127. The maximum Gasteiger partial charge on any atom is 0.253 e. The third-order valence-corrected chi connectivity index (χ3v) is 7.00. The van der Waals surface area contributed by atoms with E-state index in [1.165, 1.54) is 11.8 Å². The van der Waals surface area contributed by atoms with Crippen LogP contribution in [0.2, 0.25) is 0 Å². The topological polar surface area (TPSA) is 72.6 Å². The molecule has 0 atom stereocenters. The van der Waals surface area contributed by atoms with Crippen molar-refractivity contribution in [1.29, 1.82) is 0 Å². The van der Waals surface area contributed by atoms with Gasteiger partial charge < -0.3 is 4.74 Å². The van der Waals surface area contributed by atoms with Crippen LogP contribution < -0.4 is 4.74 Å².